The molecule has 0 aromatic carbocycles. The summed E-state index contributed by atoms with van der Waals surface area (Å²) in [6.45, 7) is 1.08. The number of nitrogens with one attached hydrogen (secondary N) is 1. The topological polar surface area (TPSA) is 84.6 Å². The molecule has 2 atom stereocenters. The second-order valence-electron chi connectivity index (χ2n) is 5.20. The molecule has 1 saturated heterocycles. The first-order valence-corrected chi connectivity index (χ1v) is 6.47. The van der Waals surface area contributed by atoms with E-state index in [1.165, 1.54) is 0 Å². The molecule has 1 aliphatic carbocycles. The fourth-order valence-electron chi connectivity index (χ4n) is 2.55. The number of hydrogen-bond acceptors (Lipinski definition) is 4. The summed E-state index contributed by atoms with van der Waals surface area (Å²) in [7, 11) is 0. The predicted molar refractivity (Wildman–Crippen MR) is 70.6 cm³/mol. The largest absolute Gasteiger partial charge is 0.391 e. The smallest absolute Gasteiger partial charge is 0.240 e. The van der Waals surface area contributed by atoms with Crippen LogP contribution in [0.4, 0.5) is 0 Å². The van der Waals surface area contributed by atoms with E-state index in [9.17, 15) is 9.90 Å². The number of carbonyl (C=O) groups is 1. The van der Waals surface area contributed by atoms with Crippen molar-refractivity contribution >= 4 is 18.3 Å². The van der Waals surface area contributed by atoms with Crippen LogP contribution in [0.15, 0.2) is 0 Å². The van der Waals surface area contributed by atoms with Crippen molar-refractivity contribution < 1.29 is 14.6 Å². The van der Waals surface area contributed by atoms with Gasteiger partial charge in [-0.25, -0.2) is 0 Å². The first kappa shape index (κ1) is 15.7. The summed E-state index contributed by atoms with van der Waals surface area (Å²) in [6.07, 6.45) is 4.41. The van der Waals surface area contributed by atoms with Gasteiger partial charge in [0, 0.05) is 13.2 Å². The molecule has 2 fully saturated rings. The summed E-state index contributed by atoms with van der Waals surface area (Å²) >= 11 is 0. The zero-order chi connectivity index (χ0) is 12.3. The Morgan fingerprint density at radius 3 is 2.50 bits per heavy atom. The van der Waals surface area contributed by atoms with Crippen LogP contribution in [0.1, 0.15) is 38.5 Å². The highest BCUT2D eigenvalue weighted by molar-refractivity contribution is 5.86. The number of halogens is 1. The second-order valence-corrected chi connectivity index (χ2v) is 5.20. The van der Waals surface area contributed by atoms with Crippen molar-refractivity contribution in [2.45, 2.75) is 56.2 Å². The summed E-state index contributed by atoms with van der Waals surface area (Å²) in [5.41, 5.74) is 5.28. The van der Waals surface area contributed by atoms with Gasteiger partial charge in [-0.05, 0) is 25.7 Å². The first-order chi connectivity index (χ1) is 8.12. The highest BCUT2D eigenvalue weighted by Crippen LogP contribution is 2.21. The number of carbonyl (C=O) groups excluding carboxylic acids is 1. The van der Waals surface area contributed by atoms with Crippen molar-refractivity contribution in [1.29, 1.82) is 0 Å². The molecule has 1 aliphatic heterocycles. The third-order valence-corrected chi connectivity index (χ3v) is 3.88. The van der Waals surface area contributed by atoms with Crippen LogP contribution in [0.25, 0.3) is 0 Å². The number of ether oxygens (including phenoxy) is 1. The molecular weight excluding hydrogens is 256 g/mol. The van der Waals surface area contributed by atoms with E-state index in [0.29, 0.717) is 26.1 Å². The average molecular weight is 279 g/mol. The maximum absolute atomic E-state index is 12.1. The van der Waals surface area contributed by atoms with Gasteiger partial charge in [0.1, 0.15) is 0 Å². The lowest BCUT2D eigenvalue weighted by atomic mass is 9.88. The van der Waals surface area contributed by atoms with E-state index in [1.807, 2.05) is 0 Å². The molecule has 2 rings (SSSR count). The molecule has 0 radical (unpaired) electrons. The Hall–Kier alpha value is -0.360. The summed E-state index contributed by atoms with van der Waals surface area (Å²) in [6, 6.07) is -0.125. The van der Waals surface area contributed by atoms with E-state index in [-0.39, 0.29) is 24.4 Å². The monoisotopic (exact) mass is 278 g/mol. The van der Waals surface area contributed by atoms with Gasteiger partial charge in [0.2, 0.25) is 5.91 Å². The molecule has 0 unspecified atom stereocenters. The summed E-state index contributed by atoms with van der Waals surface area (Å²) < 4.78 is 5.22. The van der Waals surface area contributed by atoms with Gasteiger partial charge in [0.15, 0.2) is 0 Å². The molecule has 0 aromatic rings. The molecule has 1 heterocycles. The van der Waals surface area contributed by atoms with Gasteiger partial charge in [-0.15, -0.1) is 12.4 Å². The lowest BCUT2D eigenvalue weighted by Crippen LogP contribution is -2.60. The van der Waals surface area contributed by atoms with E-state index in [1.54, 1.807) is 0 Å². The number of aliphatic hydroxyl groups is 1. The van der Waals surface area contributed by atoms with Crippen LogP contribution < -0.4 is 11.1 Å². The van der Waals surface area contributed by atoms with Crippen LogP contribution in [0.3, 0.4) is 0 Å². The summed E-state index contributed by atoms with van der Waals surface area (Å²) in [4.78, 5) is 12.1. The average Bonchev–Trinajstić information content (AvgIpc) is 2.33. The molecule has 0 bridgehead atoms. The van der Waals surface area contributed by atoms with Crippen molar-refractivity contribution in [2.75, 3.05) is 13.2 Å². The number of amides is 1. The quantitative estimate of drug-likeness (QED) is 0.680. The lowest BCUT2D eigenvalue weighted by molar-refractivity contribution is -0.131. The van der Waals surface area contributed by atoms with Crippen LogP contribution in [0.2, 0.25) is 0 Å². The van der Waals surface area contributed by atoms with Gasteiger partial charge >= 0.3 is 0 Å². The van der Waals surface area contributed by atoms with Crippen molar-refractivity contribution in [1.82, 2.24) is 5.32 Å². The van der Waals surface area contributed by atoms with E-state index in [0.717, 1.165) is 25.7 Å². The van der Waals surface area contributed by atoms with Crippen LogP contribution in [0.5, 0.6) is 0 Å². The number of rotatable bonds is 2. The fraction of sp³-hybridized carbons (Fsp3) is 0.917. The van der Waals surface area contributed by atoms with Gasteiger partial charge < -0.3 is 20.9 Å². The highest BCUT2D eigenvalue weighted by atomic mass is 35.5. The zero-order valence-corrected chi connectivity index (χ0v) is 11.4. The van der Waals surface area contributed by atoms with Crippen molar-refractivity contribution in [3.05, 3.63) is 0 Å². The number of nitrogens with two attached hydrogens (primary N) is 1. The Labute approximate surface area is 114 Å². The molecular formula is C12H23ClN2O3. The molecule has 0 spiro atoms. The van der Waals surface area contributed by atoms with Crippen LogP contribution in [-0.4, -0.2) is 41.9 Å². The minimum absolute atomic E-state index is 0. The van der Waals surface area contributed by atoms with E-state index >= 15 is 0 Å². The van der Waals surface area contributed by atoms with Crippen molar-refractivity contribution in [3.8, 4) is 0 Å². The molecule has 6 heteroatoms. The maximum Gasteiger partial charge on any atom is 0.240 e. The molecule has 4 N–H and O–H groups in total. The van der Waals surface area contributed by atoms with Crippen LogP contribution >= 0.6 is 12.4 Å². The van der Waals surface area contributed by atoms with E-state index < -0.39 is 11.6 Å². The van der Waals surface area contributed by atoms with Gasteiger partial charge in [-0.2, -0.15) is 0 Å². The number of aliphatic hydroxyl groups excluding tert-OH is 1. The summed E-state index contributed by atoms with van der Waals surface area (Å²) in [5.74, 6) is -0.133. The Bertz CT molecular complexity index is 282. The Balaban J connectivity index is 0.00000162. The van der Waals surface area contributed by atoms with Gasteiger partial charge in [0.05, 0.1) is 17.7 Å². The molecule has 1 saturated carbocycles. The van der Waals surface area contributed by atoms with Gasteiger partial charge in [0.25, 0.3) is 0 Å². The molecule has 5 nitrogen and oxygen atoms in total. The van der Waals surface area contributed by atoms with E-state index in [4.69, 9.17) is 10.5 Å². The molecule has 1 amide bonds. The Kier molecular flexibility index (Phi) is 5.85. The third-order valence-electron chi connectivity index (χ3n) is 3.88. The SMILES string of the molecule is Cl.NC1(C(=O)N[C@@H]2CCCC[C@H]2O)CCOCC1. The van der Waals surface area contributed by atoms with Crippen LogP contribution in [0, 0.1) is 0 Å². The van der Waals surface area contributed by atoms with Gasteiger partial charge in [-0.1, -0.05) is 12.8 Å². The molecule has 2 aliphatic rings. The first-order valence-electron chi connectivity index (χ1n) is 6.47. The standard InChI is InChI=1S/C12H22N2O3.ClH/c13-12(5-7-17-8-6-12)11(16)14-9-3-1-2-4-10(9)15;/h9-10,15H,1-8,13H2,(H,14,16);1H/t9-,10-;/m1./s1. The van der Waals surface area contributed by atoms with Crippen molar-refractivity contribution in [2.24, 2.45) is 5.73 Å². The van der Waals surface area contributed by atoms with Gasteiger partial charge in [-0.3, -0.25) is 4.79 Å². The Morgan fingerprint density at radius 2 is 1.89 bits per heavy atom. The molecule has 0 aromatic heterocycles. The highest BCUT2D eigenvalue weighted by Gasteiger charge is 2.38. The third kappa shape index (κ3) is 3.57. The van der Waals surface area contributed by atoms with E-state index in [2.05, 4.69) is 5.32 Å². The lowest BCUT2D eigenvalue weighted by Gasteiger charge is -2.35. The Morgan fingerprint density at radius 1 is 1.28 bits per heavy atom. The number of hydrogen-bond donors (Lipinski definition) is 3. The second kappa shape index (κ2) is 6.70. The van der Waals surface area contributed by atoms with Crippen molar-refractivity contribution in [3.63, 3.8) is 0 Å². The molecule has 106 valence electrons. The molecule has 18 heavy (non-hydrogen) atoms. The normalized spacial score (nSPS) is 31.2. The predicted octanol–water partition coefficient (Wildman–Crippen LogP) is 0.336. The minimum atomic E-state index is -0.810. The maximum atomic E-state index is 12.1. The fourth-order valence-corrected chi connectivity index (χ4v) is 2.55. The zero-order valence-electron chi connectivity index (χ0n) is 10.6. The summed E-state index contributed by atoms with van der Waals surface area (Å²) in [5, 5.41) is 12.7. The van der Waals surface area contributed by atoms with Crippen LogP contribution in [-0.2, 0) is 9.53 Å². The minimum Gasteiger partial charge on any atom is -0.391 e.